The van der Waals surface area contributed by atoms with Gasteiger partial charge in [0.1, 0.15) is 0 Å². The summed E-state index contributed by atoms with van der Waals surface area (Å²) in [6.45, 7) is 6.21. The Labute approximate surface area is 180 Å². The molecule has 0 spiro atoms. The molecule has 2 aromatic rings. The molecule has 2 rings (SSSR count). The average molecular weight is 408 g/mol. The predicted molar refractivity (Wildman–Crippen MR) is 119 cm³/mol. The number of aryl methyl sites for hydroxylation is 1. The topological polar surface area (TPSA) is 86.9 Å². The second-order valence-electron chi connectivity index (χ2n) is 8.08. The zero-order valence-electron chi connectivity index (χ0n) is 18.3. The normalized spacial score (nSPS) is 13.9. The quantitative estimate of drug-likeness (QED) is 0.435. The van der Waals surface area contributed by atoms with Crippen LogP contribution >= 0.6 is 0 Å². The Morgan fingerprint density at radius 3 is 2.27 bits per heavy atom. The molecule has 5 heteroatoms. The SMILES string of the molecule is CCCCCCc1cnc(-c2ccc(C(C(=O)O)C(C#N)C(C)CCC)cc2)nc1. The van der Waals surface area contributed by atoms with Crippen molar-refractivity contribution in [3.05, 3.63) is 47.8 Å². The number of aliphatic carboxylic acids is 1. The van der Waals surface area contributed by atoms with Crippen LogP contribution in [0.4, 0.5) is 0 Å². The fourth-order valence-corrected chi connectivity index (χ4v) is 3.90. The fraction of sp³-hybridized carbons (Fsp3) is 0.520. The van der Waals surface area contributed by atoms with Gasteiger partial charge in [-0.05, 0) is 36.3 Å². The minimum Gasteiger partial charge on any atom is -0.481 e. The third kappa shape index (κ3) is 6.38. The zero-order valence-corrected chi connectivity index (χ0v) is 18.3. The Morgan fingerprint density at radius 2 is 1.73 bits per heavy atom. The molecule has 160 valence electrons. The first kappa shape index (κ1) is 23.5. The monoisotopic (exact) mass is 407 g/mol. The molecule has 0 bridgehead atoms. The lowest BCUT2D eigenvalue weighted by Gasteiger charge is -2.24. The Hall–Kier alpha value is -2.74. The van der Waals surface area contributed by atoms with Crippen LogP contribution in [0.1, 0.15) is 76.3 Å². The average Bonchev–Trinajstić information content (AvgIpc) is 2.75. The number of rotatable bonds is 12. The molecule has 0 aliphatic carbocycles. The maximum Gasteiger partial charge on any atom is 0.312 e. The first-order chi connectivity index (χ1) is 14.5. The summed E-state index contributed by atoms with van der Waals surface area (Å²) >= 11 is 0. The number of hydrogen-bond acceptors (Lipinski definition) is 4. The van der Waals surface area contributed by atoms with Gasteiger partial charge in [0.15, 0.2) is 5.82 Å². The second-order valence-corrected chi connectivity index (χ2v) is 8.08. The molecule has 1 N–H and O–H groups in total. The first-order valence-electron chi connectivity index (χ1n) is 11.0. The summed E-state index contributed by atoms with van der Waals surface area (Å²) < 4.78 is 0. The van der Waals surface area contributed by atoms with Crippen molar-refractivity contribution in [2.45, 2.75) is 71.6 Å². The Balaban J connectivity index is 2.14. The van der Waals surface area contributed by atoms with Crippen LogP contribution in [0.5, 0.6) is 0 Å². The molecule has 0 fully saturated rings. The van der Waals surface area contributed by atoms with E-state index in [9.17, 15) is 15.2 Å². The highest BCUT2D eigenvalue weighted by Gasteiger charge is 2.33. The van der Waals surface area contributed by atoms with Crippen molar-refractivity contribution in [1.29, 1.82) is 5.26 Å². The lowest BCUT2D eigenvalue weighted by atomic mass is 9.77. The van der Waals surface area contributed by atoms with Gasteiger partial charge in [-0.3, -0.25) is 4.79 Å². The second kappa shape index (κ2) is 12.1. The van der Waals surface area contributed by atoms with Crippen LogP contribution in [0.2, 0.25) is 0 Å². The number of carboxylic acids is 1. The van der Waals surface area contributed by atoms with Gasteiger partial charge < -0.3 is 5.11 Å². The van der Waals surface area contributed by atoms with Gasteiger partial charge in [-0.2, -0.15) is 5.26 Å². The molecular formula is C25H33N3O2. The highest BCUT2D eigenvalue weighted by atomic mass is 16.4. The lowest BCUT2D eigenvalue weighted by molar-refractivity contribution is -0.140. The molecule has 0 radical (unpaired) electrons. The van der Waals surface area contributed by atoms with Crippen molar-refractivity contribution < 1.29 is 9.90 Å². The number of carboxylic acid groups (broad SMARTS) is 1. The molecule has 30 heavy (non-hydrogen) atoms. The highest BCUT2D eigenvalue weighted by Crippen LogP contribution is 2.33. The minimum absolute atomic E-state index is 0.0222. The van der Waals surface area contributed by atoms with E-state index in [-0.39, 0.29) is 5.92 Å². The van der Waals surface area contributed by atoms with E-state index in [2.05, 4.69) is 23.0 Å². The molecule has 3 unspecified atom stereocenters. The van der Waals surface area contributed by atoms with Crippen molar-refractivity contribution in [2.24, 2.45) is 11.8 Å². The van der Waals surface area contributed by atoms with E-state index >= 15 is 0 Å². The summed E-state index contributed by atoms with van der Waals surface area (Å²) in [4.78, 5) is 20.9. The molecule has 1 aromatic carbocycles. The Kier molecular flexibility index (Phi) is 9.47. The summed E-state index contributed by atoms with van der Waals surface area (Å²) in [5, 5.41) is 19.4. The first-order valence-corrected chi connectivity index (χ1v) is 11.0. The Morgan fingerprint density at radius 1 is 1.07 bits per heavy atom. The smallest absolute Gasteiger partial charge is 0.312 e. The number of hydrogen-bond donors (Lipinski definition) is 1. The van der Waals surface area contributed by atoms with E-state index in [0.717, 1.165) is 36.8 Å². The fourth-order valence-electron chi connectivity index (χ4n) is 3.90. The van der Waals surface area contributed by atoms with E-state index in [1.165, 1.54) is 19.3 Å². The highest BCUT2D eigenvalue weighted by molar-refractivity contribution is 5.77. The maximum atomic E-state index is 12.0. The summed E-state index contributed by atoms with van der Waals surface area (Å²) in [5.41, 5.74) is 2.63. The summed E-state index contributed by atoms with van der Waals surface area (Å²) in [7, 11) is 0. The van der Waals surface area contributed by atoms with Crippen LogP contribution < -0.4 is 0 Å². The van der Waals surface area contributed by atoms with Crippen LogP contribution in [0, 0.1) is 23.2 Å². The molecule has 1 heterocycles. The van der Waals surface area contributed by atoms with Gasteiger partial charge in [0.2, 0.25) is 0 Å². The van der Waals surface area contributed by atoms with Gasteiger partial charge in [-0.15, -0.1) is 0 Å². The summed E-state index contributed by atoms with van der Waals surface area (Å²) in [5.74, 6) is -1.70. The van der Waals surface area contributed by atoms with Crippen LogP contribution in [-0.2, 0) is 11.2 Å². The van der Waals surface area contributed by atoms with E-state index in [1.54, 1.807) is 12.1 Å². The van der Waals surface area contributed by atoms with Crippen LogP contribution in [0.25, 0.3) is 11.4 Å². The minimum atomic E-state index is -0.957. The summed E-state index contributed by atoms with van der Waals surface area (Å²) in [6, 6.07) is 9.52. The number of aromatic nitrogens is 2. The van der Waals surface area contributed by atoms with Gasteiger partial charge in [0.05, 0.1) is 17.9 Å². The third-order valence-corrected chi connectivity index (χ3v) is 5.68. The number of benzene rings is 1. The van der Waals surface area contributed by atoms with Crippen molar-refractivity contribution in [3.8, 4) is 17.5 Å². The molecule has 1 aromatic heterocycles. The third-order valence-electron chi connectivity index (χ3n) is 5.68. The van der Waals surface area contributed by atoms with Gasteiger partial charge in [0.25, 0.3) is 0 Å². The summed E-state index contributed by atoms with van der Waals surface area (Å²) in [6.07, 6.45) is 11.4. The van der Waals surface area contributed by atoms with Crippen molar-refractivity contribution in [2.75, 3.05) is 0 Å². The predicted octanol–water partition coefficient (Wildman–Crippen LogP) is 6.01. The maximum absolute atomic E-state index is 12.0. The van der Waals surface area contributed by atoms with Crippen LogP contribution in [-0.4, -0.2) is 21.0 Å². The number of nitriles is 1. The van der Waals surface area contributed by atoms with Crippen molar-refractivity contribution in [3.63, 3.8) is 0 Å². The molecule has 0 saturated heterocycles. The van der Waals surface area contributed by atoms with Crippen molar-refractivity contribution in [1.82, 2.24) is 9.97 Å². The van der Waals surface area contributed by atoms with E-state index < -0.39 is 17.8 Å². The van der Waals surface area contributed by atoms with E-state index in [1.807, 2.05) is 38.4 Å². The molecule has 5 nitrogen and oxygen atoms in total. The lowest BCUT2D eigenvalue weighted by Crippen LogP contribution is -2.25. The van der Waals surface area contributed by atoms with Crippen LogP contribution in [0.3, 0.4) is 0 Å². The molecule has 0 amide bonds. The van der Waals surface area contributed by atoms with E-state index in [0.29, 0.717) is 11.4 Å². The Bertz CT molecular complexity index is 825. The van der Waals surface area contributed by atoms with Gasteiger partial charge in [0, 0.05) is 18.0 Å². The molecule has 3 atom stereocenters. The largest absolute Gasteiger partial charge is 0.481 e. The molecule has 0 saturated carbocycles. The van der Waals surface area contributed by atoms with Crippen LogP contribution in [0.15, 0.2) is 36.7 Å². The zero-order chi connectivity index (χ0) is 21.9. The molecule has 0 aliphatic heterocycles. The number of nitrogens with zero attached hydrogens (tertiary/aromatic N) is 3. The van der Waals surface area contributed by atoms with Crippen molar-refractivity contribution >= 4 is 5.97 Å². The number of carbonyl (C=O) groups is 1. The molecule has 0 aliphatic rings. The van der Waals surface area contributed by atoms with Gasteiger partial charge in [-0.1, -0.05) is 70.7 Å². The standard InChI is InChI=1S/C25H33N3O2/c1-4-6-7-8-10-19-16-27-24(28-17-19)21-13-11-20(12-14-21)23(25(29)30)22(15-26)18(3)9-5-2/h11-14,16-18,22-23H,4-10H2,1-3H3,(H,29,30). The molecular weight excluding hydrogens is 374 g/mol. The number of unbranched alkanes of at least 4 members (excludes halogenated alkanes) is 3. The van der Waals surface area contributed by atoms with E-state index in [4.69, 9.17) is 0 Å². The van der Waals surface area contributed by atoms with Gasteiger partial charge in [-0.25, -0.2) is 9.97 Å². The van der Waals surface area contributed by atoms with Gasteiger partial charge >= 0.3 is 5.97 Å².